The average Bonchev–Trinajstić information content (AvgIpc) is 2.82. The van der Waals surface area contributed by atoms with Crippen LogP contribution >= 0.6 is 11.8 Å². The standard InChI is InChI=1S/C25H34N2O4S/c1-6-7-8-23(25(26-2)19-10-12-20(29-3)13-11-19)32-17-27-24(28)16-18-9-14-21(30-4)22(15-18)31-5/h9-15,26H,6-8,16-17H2,1-5H3,(H,27,28)/b25-23-. The number of benzene rings is 2. The van der Waals surface area contributed by atoms with E-state index in [4.69, 9.17) is 14.2 Å². The Morgan fingerprint density at radius 2 is 1.69 bits per heavy atom. The van der Waals surface area contributed by atoms with Crippen LogP contribution in [0.1, 0.15) is 37.3 Å². The van der Waals surface area contributed by atoms with E-state index in [1.807, 2.05) is 49.5 Å². The number of unbranched alkanes of at least 4 members (excludes halogenated alkanes) is 1. The molecule has 0 aliphatic rings. The maximum absolute atomic E-state index is 12.5. The van der Waals surface area contributed by atoms with Crippen molar-refractivity contribution < 1.29 is 19.0 Å². The van der Waals surface area contributed by atoms with Crippen LogP contribution in [-0.4, -0.2) is 40.2 Å². The molecule has 0 aromatic heterocycles. The van der Waals surface area contributed by atoms with Crippen molar-refractivity contribution in [3.8, 4) is 17.2 Å². The minimum Gasteiger partial charge on any atom is -0.497 e. The van der Waals surface area contributed by atoms with Gasteiger partial charge in [-0.15, -0.1) is 11.8 Å². The molecule has 0 radical (unpaired) electrons. The zero-order valence-corrected chi connectivity index (χ0v) is 20.4. The molecule has 2 rings (SSSR count). The molecule has 1 amide bonds. The van der Waals surface area contributed by atoms with Crippen molar-refractivity contribution in [3.05, 3.63) is 58.5 Å². The van der Waals surface area contributed by atoms with Crippen LogP contribution in [0.15, 0.2) is 47.4 Å². The molecule has 2 N–H and O–H groups in total. The zero-order valence-electron chi connectivity index (χ0n) is 19.6. The molecule has 0 spiro atoms. The summed E-state index contributed by atoms with van der Waals surface area (Å²) in [5.41, 5.74) is 3.06. The SMILES string of the molecule is CCCC/C(SCNC(=O)Cc1ccc(OC)c(OC)c1)=C(/NC)c1ccc(OC)cc1. The second-order valence-corrected chi connectivity index (χ2v) is 8.21. The first-order chi connectivity index (χ1) is 15.6. The van der Waals surface area contributed by atoms with Crippen molar-refractivity contribution in [1.29, 1.82) is 0 Å². The van der Waals surface area contributed by atoms with Crippen LogP contribution in [0.3, 0.4) is 0 Å². The third-order valence-corrected chi connectivity index (χ3v) is 6.04. The molecule has 0 bridgehead atoms. The number of rotatable bonds is 13. The summed E-state index contributed by atoms with van der Waals surface area (Å²) >= 11 is 1.66. The summed E-state index contributed by atoms with van der Waals surface area (Å²) in [5.74, 6) is 2.57. The highest BCUT2D eigenvalue weighted by atomic mass is 32.2. The average molecular weight is 459 g/mol. The summed E-state index contributed by atoms with van der Waals surface area (Å²) < 4.78 is 15.8. The predicted octanol–water partition coefficient (Wildman–Crippen LogP) is 4.84. The molecule has 0 saturated carbocycles. The third kappa shape index (κ3) is 7.41. The minimum absolute atomic E-state index is 0.0324. The van der Waals surface area contributed by atoms with Gasteiger partial charge in [-0.3, -0.25) is 4.79 Å². The third-order valence-electron chi connectivity index (χ3n) is 4.99. The fourth-order valence-electron chi connectivity index (χ4n) is 3.25. The van der Waals surface area contributed by atoms with Crippen LogP contribution < -0.4 is 24.8 Å². The minimum atomic E-state index is -0.0324. The molecule has 6 nitrogen and oxygen atoms in total. The number of thioether (sulfide) groups is 1. The van der Waals surface area contributed by atoms with Gasteiger partial charge in [0, 0.05) is 12.0 Å². The Morgan fingerprint density at radius 1 is 0.969 bits per heavy atom. The van der Waals surface area contributed by atoms with E-state index in [0.717, 1.165) is 41.8 Å². The lowest BCUT2D eigenvalue weighted by molar-refractivity contribution is -0.120. The second kappa shape index (κ2) is 13.6. The highest BCUT2D eigenvalue weighted by molar-refractivity contribution is 8.03. The molecule has 0 aliphatic carbocycles. The van der Waals surface area contributed by atoms with E-state index in [0.29, 0.717) is 17.4 Å². The fraction of sp³-hybridized carbons (Fsp3) is 0.400. The first-order valence-corrected chi connectivity index (χ1v) is 11.7. The first kappa shape index (κ1) is 25.5. The number of carbonyl (C=O) groups is 1. The Morgan fingerprint density at radius 3 is 2.28 bits per heavy atom. The largest absolute Gasteiger partial charge is 0.497 e. The molecule has 0 aliphatic heterocycles. The lowest BCUT2D eigenvalue weighted by Crippen LogP contribution is -2.25. The van der Waals surface area contributed by atoms with Crippen molar-refractivity contribution in [1.82, 2.24) is 10.6 Å². The number of nitrogens with one attached hydrogen (secondary N) is 2. The van der Waals surface area contributed by atoms with Gasteiger partial charge in [-0.05, 0) is 60.4 Å². The molecule has 0 saturated heterocycles. The highest BCUT2D eigenvalue weighted by Crippen LogP contribution is 2.30. The maximum atomic E-state index is 12.5. The molecule has 0 heterocycles. The molecule has 174 valence electrons. The van der Waals surface area contributed by atoms with Crippen LogP contribution in [0, 0.1) is 0 Å². The van der Waals surface area contributed by atoms with Crippen molar-refractivity contribution in [3.63, 3.8) is 0 Å². The molecular formula is C25H34N2O4S. The molecule has 0 fully saturated rings. The van der Waals surface area contributed by atoms with Gasteiger partial charge in [-0.1, -0.05) is 19.4 Å². The Bertz CT molecular complexity index is 897. The van der Waals surface area contributed by atoms with E-state index in [1.54, 1.807) is 33.1 Å². The second-order valence-electron chi connectivity index (χ2n) is 7.13. The van der Waals surface area contributed by atoms with Gasteiger partial charge in [0.2, 0.25) is 5.91 Å². The quantitative estimate of drug-likeness (QED) is 0.419. The lowest BCUT2D eigenvalue weighted by Gasteiger charge is -2.16. The monoisotopic (exact) mass is 458 g/mol. The summed E-state index contributed by atoms with van der Waals surface area (Å²) in [5, 5.41) is 6.37. The summed E-state index contributed by atoms with van der Waals surface area (Å²) in [6.45, 7) is 2.18. The summed E-state index contributed by atoms with van der Waals surface area (Å²) in [6, 6.07) is 13.5. The maximum Gasteiger partial charge on any atom is 0.225 e. The van der Waals surface area contributed by atoms with Gasteiger partial charge in [0.05, 0.1) is 39.3 Å². The van der Waals surface area contributed by atoms with E-state index in [9.17, 15) is 4.79 Å². The summed E-state index contributed by atoms with van der Waals surface area (Å²) in [4.78, 5) is 13.7. The topological polar surface area (TPSA) is 68.8 Å². The van der Waals surface area contributed by atoms with E-state index < -0.39 is 0 Å². The van der Waals surface area contributed by atoms with Gasteiger partial charge in [0.1, 0.15) is 5.75 Å². The van der Waals surface area contributed by atoms with Crippen LogP contribution in [0.5, 0.6) is 17.2 Å². The van der Waals surface area contributed by atoms with Gasteiger partial charge in [0.15, 0.2) is 11.5 Å². The summed E-state index contributed by atoms with van der Waals surface area (Å²) in [7, 11) is 6.78. The first-order valence-electron chi connectivity index (χ1n) is 10.7. The fourth-order valence-corrected chi connectivity index (χ4v) is 4.31. The Balaban J connectivity index is 2.04. The Labute approximate surface area is 195 Å². The van der Waals surface area contributed by atoms with E-state index in [-0.39, 0.29) is 12.3 Å². The Kier molecular flexibility index (Phi) is 10.8. The number of hydrogen-bond acceptors (Lipinski definition) is 6. The molecular weight excluding hydrogens is 424 g/mol. The molecule has 2 aromatic carbocycles. The number of allylic oxidation sites excluding steroid dienone is 1. The smallest absolute Gasteiger partial charge is 0.225 e. The van der Waals surface area contributed by atoms with E-state index in [1.165, 1.54) is 4.91 Å². The molecule has 2 aromatic rings. The van der Waals surface area contributed by atoms with Crippen LogP contribution in [0.2, 0.25) is 0 Å². The molecule has 0 unspecified atom stereocenters. The number of ether oxygens (including phenoxy) is 3. The zero-order chi connectivity index (χ0) is 23.3. The van der Waals surface area contributed by atoms with Crippen molar-refractivity contribution in [2.75, 3.05) is 34.3 Å². The Hall–Kier alpha value is -2.80. The van der Waals surface area contributed by atoms with Crippen molar-refractivity contribution in [2.24, 2.45) is 0 Å². The summed E-state index contributed by atoms with van der Waals surface area (Å²) in [6.07, 6.45) is 3.43. The molecule has 7 heteroatoms. The van der Waals surface area contributed by atoms with Gasteiger partial charge >= 0.3 is 0 Å². The van der Waals surface area contributed by atoms with Crippen molar-refractivity contribution >= 4 is 23.4 Å². The number of amides is 1. The normalized spacial score (nSPS) is 11.4. The molecule has 0 atom stereocenters. The van der Waals surface area contributed by atoms with E-state index >= 15 is 0 Å². The highest BCUT2D eigenvalue weighted by Gasteiger charge is 2.12. The van der Waals surface area contributed by atoms with Crippen LogP contribution in [0.25, 0.3) is 5.70 Å². The number of hydrogen-bond donors (Lipinski definition) is 2. The van der Waals surface area contributed by atoms with Gasteiger partial charge in [-0.25, -0.2) is 0 Å². The van der Waals surface area contributed by atoms with Gasteiger partial charge in [0.25, 0.3) is 0 Å². The predicted molar refractivity (Wildman–Crippen MR) is 132 cm³/mol. The van der Waals surface area contributed by atoms with Crippen molar-refractivity contribution in [2.45, 2.75) is 32.6 Å². The molecule has 32 heavy (non-hydrogen) atoms. The van der Waals surface area contributed by atoms with Crippen LogP contribution in [-0.2, 0) is 11.2 Å². The number of methoxy groups -OCH3 is 3. The van der Waals surface area contributed by atoms with Gasteiger partial charge < -0.3 is 24.8 Å². The lowest BCUT2D eigenvalue weighted by atomic mass is 10.1. The van der Waals surface area contributed by atoms with Crippen LogP contribution in [0.4, 0.5) is 0 Å². The number of carbonyl (C=O) groups excluding carboxylic acids is 1. The van der Waals surface area contributed by atoms with E-state index in [2.05, 4.69) is 17.6 Å². The van der Waals surface area contributed by atoms with Gasteiger partial charge in [-0.2, -0.15) is 0 Å².